The largest absolute Gasteiger partial charge is 0.464 e. The zero-order chi connectivity index (χ0) is 49.9. The zero-order valence-corrected chi connectivity index (χ0v) is 42.5. The Morgan fingerprint density at radius 1 is 0.944 bits per heavy atom. The second-order valence-corrected chi connectivity index (χ2v) is 20.4. The number of halogens is 1. The van der Waals surface area contributed by atoms with E-state index in [1.54, 1.807) is 33.5 Å². The molecule has 4 aromatic heterocycles. The van der Waals surface area contributed by atoms with Gasteiger partial charge in [-0.3, -0.25) is 14.2 Å². The van der Waals surface area contributed by atoms with E-state index in [-0.39, 0.29) is 49.1 Å². The first-order valence-corrected chi connectivity index (χ1v) is 25.9. The van der Waals surface area contributed by atoms with Crippen LogP contribution in [0.2, 0.25) is 0 Å². The third-order valence-electron chi connectivity index (χ3n) is 13.7. The Bertz CT molecular complexity index is 2840. The number of hydroxylamine groups is 1. The fraction of sp³-hybridized carbons (Fsp3) is 0.491. The van der Waals surface area contributed by atoms with E-state index in [4.69, 9.17) is 24.0 Å². The number of rotatable bonds is 15. The van der Waals surface area contributed by atoms with Crippen molar-refractivity contribution in [1.82, 2.24) is 45.1 Å². The van der Waals surface area contributed by atoms with E-state index in [9.17, 15) is 14.4 Å². The van der Waals surface area contributed by atoms with Gasteiger partial charge in [-0.25, -0.2) is 19.2 Å². The molecule has 3 aliphatic heterocycles. The number of thiophene rings is 1. The molecule has 16 nitrogen and oxygen atoms in total. The van der Waals surface area contributed by atoms with Crippen molar-refractivity contribution in [3.05, 3.63) is 88.1 Å². The highest BCUT2D eigenvalue weighted by Gasteiger charge is 2.39. The molecule has 4 aliphatic rings. The molecule has 6 atom stereocenters. The lowest BCUT2D eigenvalue weighted by Gasteiger charge is -2.38. The van der Waals surface area contributed by atoms with E-state index in [0.29, 0.717) is 78.2 Å². The van der Waals surface area contributed by atoms with Gasteiger partial charge < -0.3 is 44.1 Å². The fourth-order valence-electron chi connectivity index (χ4n) is 10.4. The Kier molecular flexibility index (Phi) is 15.3. The molecule has 7 heterocycles. The molecule has 6 aromatic rings. The van der Waals surface area contributed by atoms with Crippen LogP contribution in [0.15, 0.2) is 60.9 Å². The minimum atomic E-state index is -0.779. The number of benzene rings is 2. The third kappa shape index (κ3) is 10.6. The predicted molar refractivity (Wildman–Crippen MR) is 270 cm³/mol. The zero-order valence-electron chi connectivity index (χ0n) is 41.7. The number of carbonyl (C=O) groups excluding carboxylic acids is 3. The van der Waals surface area contributed by atoms with Gasteiger partial charge in [-0.15, -0.1) is 11.3 Å². The highest BCUT2D eigenvalue weighted by molar-refractivity contribution is 7.12. The van der Waals surface area contributed by atoms with Gasteiger partial charge in [-0.2, -0.15) is 5.48 Å². The van der Waals surface area contributed by atoms with Crippen molar-refractivity contribution in [2.75, 3.05) is 33.9 Å². The molecule has 4 N–H and O–H groups in total. The van der Waals surface area contributed by atoms with Crippen LogP contribution in [-0.2, 0) is 30.4 Å². The van der Waals surface area contributed by atoms with Crippen molar-refractivity contribution < 1.29 is 37.8 Å². The Balaban J connectivity index is 0.00000203. The molecule has 5 unspecified atom stereocenters. The molecule has 378 valence electrons. The number of methoxy groups -OCH3 is 1. The second kappa shape index (κ2) is 21.7. The molecule has 0 radical (unpaired) electrons. The van der Waals surface area contributed by atoms with E-state index < -0.39 is 24.2 Å². The Hall–Kier alpha value is -6.08. The number of aromatic nitrogens is 5. The molecule has 2 saturated heterocycles. The molecule has 10 rings (SSSR count). The Morgan fingerprint density at radius 3 is 2.42 bits per heavy atom. The van der Waals surface area contributed by atoms with E-state index in [2.05, 4.69) is 62.4 Å². The summed E-state index contributed by atoms with van der Waals surface area (Å²) in [5.74, 6) is 1.42. The average Bonchev–Trinajstić information content (AvgIpc) is 3.94. The first-order valence-electron chi connectivity index (χ1n) is 25.1. The second-order valence-electron chi connectivity index (χ2n) is 19.3. The van der Waals surface area contributed by atoms with Gasteiger partial charge in [0.15, 0.2) is 0 Å². The van der Waals surface area contributed by atoms with Gasteiger partial charge in [0, 0.05) is 34.5 Å². The van der Waals surface area contributed by atoms with Crippen LogP contribution in [0.3, 0.4) is 0 Å². The van der Waals surface area contributed by atoms with Crippen molar-refractivity contribution >= 4 is 40.1 Å². The number of alkyl carbamates (subject to hydrolysis) is 1. The topological polar surface area (TPSA) is 181 Å². The van der Waals surface area contributed by atoms with Gasteiger partial charge in [0.1, 0.15) is 35.8 Å². The maximum atomic E-state index is 16.8. The number of carbonyl (C=O) groups is 3. The highest BCUT2D eigenvalue weighted by atomic mass is 32.1. The van der Waals surface area contributed by atoms with Gasteiger partial charge in [0.2, 0.25) is 18.0 Å². The summed E-state index contributed by atoms with van der Waals surface area (Å²) in [7, 11) is 2.78. The van der Waals surface area contributed by atoms with Crippen LogP contribution in [0.5, 0.6) is 5.75 Å². The number of nitrogens with zero attached hydrogens (tertiary/aromatic N) is 5. The number of amides is 3. The molecular weight excluding hydrogens is 926 g/mol. The van der Waals surface area contributed by atoms with Gasteiger partial charge in [-0.1, -0.05) is 33.3 Å². The predicted octanol–water partition coefficient (Wildman–Crippen LogP) is 10.0. The summed E-state index contributed by atoms with van der Waals surface area (Å²) in [6.45, 7) is 11.6. The fourth-order valence-corrected chi connectivity index (χ4v) is 11.6. The van der Waals surface area contributed by atoms with Crippen molar-refractivity contribution in [3.8, 4) is 39.5 Å². The van der Waals surface area contributed by atoms with Crippen LogP contribution in [-0.4, -0.2) is 104 Å². The lowest BCUT2D eigenvalue weighted by molar-refractivity contribution is -0.138. The number of hydrogen-bond acceptors (Lipinski definition) is 11. The van der Waals surface area contributed by atoms with Crippen LogP contribution < -0.4 is 15.5 Å². The number of ether oxygens (including phenoxy) is 3. The molecule has 3 amide bonds. The van der Waals surface area contributed by atoms with Crippen molar-refractivity contribution in [2.45, 2.75) is 129 Å². The van der Waals surface area contributed by atoms with Crippen LogP contribution in [0, 0.1) is 11.7 Å². The summed E-state index contributed by atoms with van der Waals surface area (Å²) in [4.78, 5) is 66.8. The maximum absolute atomic E-state index is 16.8. The molecule has 1 aliphatic carbocycles. The number of hydrogen-bond donors (Lipinski definition) is 4. The summed E-state index contributed by atoms with van der Waals surface area (Å²) >= 11 is 1.74. The van der Waals surface area contributed by atoms with Crippen molar-refractivity contribution in [3.63, 3.8) is 0 Å². The van der Waals surface area contributed by atoms with Gasteiger partial charge in [-0.05, 0) is 113 Å². The van der Waals surface area contributed by atoms with E-state index in [0.717, 1.165) is 39.9 Å². The molecular formula is C53H66FN9O7S. The molecule has 71 heavy (non-hydrogen) atoms. The van der Waals surface area contributed by atoms with Gasteiger partial charge >= 0.3 is 6.09 Å². The smallest absolute Gasteiger partial charge is 0.407 e. The van der Waals surface area contributed by atoms with Crippen LogP contribution >= 0.6 is 11.3 Å². The van der Waals surface area contributed by atoms with Crippen LogP contribution in [0.4, 0.5) is 9.18 Å². The summed E-state index contributed by atoms with van der Waals surface area (Å²) in [6, 6.07) is 14.9. The third-order valence-corrected chi connectivity index (χ3v) is 14.9. The minimum Gasteiger partial charge on any atom is -0.464 e. The molecule has 1 saturated carbocycles. The van der Waals surface area contributed by atoms with Crippen molar-refractivity contribution in [2.24, 2.45) is 5.92 Å². The number of nitrogens with one attached hydrogen (secondary N) is 4. The van der Waals surface area contributed by atoms with E-state index in [1.807, 2.05) is 45.0 Å². The summed E-state index contributed by atoms with van der Waals surface area (Å²) in [5, 5.41) is 3.74. The maximum Gasteiger partial charge on any atom is 0.407 e. The first-order chi connectivity index (χ1) is 34.4. The molecule has 2 aromatic carbocycles. The number of fused-ring (bicyclic) bond motifs is 5. The molecule has 3 fully saturated rings. The number of H-pyrrole nitrogens is 2. The Labute approximate surface area is 418 Å². The van der Waals surface area contributed by atoms with Crippen molar-refractivity contribution in [1.29, 1.82) is 0 Å². The SMILES string of the molecule is CCC.CCCN(Cc1ncc(-c2ccc3c(c2)cc2n3C(c3ccc(C4CC4)s3)Oc3cc(-c4cnc(C5CCCN5C(=O)CNOC)[nH]4)cc(F)c3-2)[nH]1)C(=O)C(NC(=O)OC)C1CC(C)O[C@@H](C)C1. The highest BCUT2D eigenvalue weighted by Crippen LogP contribution is 2.50. The van der Waals surface area contributed by atoms with E-state index in [1.165, 1.54) is 44.4 Å². The minimum absolute atomic E-state index is 0.0499. The van der Waals surface area contributed by atoms with E-state index >= 15 is 4.39 Å². The van der Waals surface area contributed by atoms with Gasteiger partial charge in [0.05, 0.1) is 84.4 Å². The van der Waals surface area contributed by atoms with Gasteiger partial charge in [0.25, 0.3) is 0 Å². The number of imidazole rings is 2. The Morgan fingerprint density at radius 2 is 1.69 bits per heavy atom. The number of likely N-dealkylation sites (tertiary alicyclic amines) is 1. The quantitative estimate of drug-likeness (QED) is 0.0723. The lowest BCUT2D eigenvalue weighted by Crippen LogP contribution is -2.54. The standard InChI is InChI=1S/C50H58FN9O7S.C3H8/c1-6-15-58(48(62)46(57-50(63)64-4)33-17-27(2)66-28(3)18-33)26-43-52-23-35(55-43)30-11-12-37-32(19-30)21-39-45-34(51)20-31(22-40(45)67-49(60(37)39)42-14-13-41(68-42)29-9-10-29)36-24-53-47(56-36)38-8-7-16-59(38)44(61)25-54-65-5;1-3-2/h11-14,19-24,27-29,33,38,46,49,54H,6-10,15-18,25-26H2,1-5H3,(H,52,55)(H,53,56)(H,57,63);3H2,1-2H3/t27-,28?,33?,38?,46?,49?;/m0./s1. The lowest BCUT2D eigenvalue weighted by atomic mass is 9.85. The summed E-state index contributed by atoms with van der Waals surface area (Å²) in [6.07, 6.45) is 9.36. The van der Waals surface area contributed by atoms with Crippen LogP contribution in [0.1, 0.15) is 126 Å². The molecule has 0 bridgehead atoms. The normalized spacial score (nSPS) is 20.9. The van der Waals surface area contributed by atoms with Crippen LogP contribution in [0.25, 0.3) is 44.7 Å². The average molecular weight is 992 g/mol. The molecule has 18 heteroatoms. The molecule has 0 spiro atoms. The summed E-state index contributed by atoms with van der Waals surface area (Å²) < 4.78 is 36.7. The summed E-state index contributed by atoms with van der Waals surface area (Å²) in [5.41, 5.74) is 7.44. The first kappa shape index (κ1) is 49.9. The number of aromatic amines is 2. The monoisotopic (exact) mass is 991 g/mol.